The molecule has 2 aliphatic rings. The van der Waals surface area contributed by atoms with Gasteiger partial charge in [0.05, 0.1) is 16.1 Å². The minimum atomic E-state index is -4.01. The molecule has 0 fully saturated rings. The second-order valence-electron chi connectivity index (χ2n) is 8.40. The highest BCUT2D eigenvalue weighted by Gasteiger charge is 2.58. The fourth-order valence-electron chi connectivity index (χ4n) is 4.55. The van der Waals surface area contributed by atoms with Crippen molar-refractivity contribution >= 4 is 27.6 Å². The third kappa shape index (κ3) is 3.57. The van der Waals surface area contributed by atoms with E-state index in [4.69, 9.17) is 9.29 Å². The van der Waals surface area contributed by atoms with Gasteiger partial charge in [-0.1, -0.05) is 18.2 Å². The zero-order chi connectivity index (χ0) is 22.4. The maximum absolute atomic E-state index is 11.1. The van der Waals surface area contributed by atoms with Crippen LogP contribution in [0.2, 0.25) is 0 Å². The Labute approximate surface area is 181 Å². The van der Waals surface area contributed by atoms with Crippen LogP contribution in [0.25, 0.3) is 6.08 Å². The van der Waals surface area contributed by atoms with Gasteiger partial charge in [-0.25, -0.2) is 0 Å². The first-order valence-corrected chi connectivity index (χ1v) is 11.7. The summed E-state index contributed by atoms with van der Waals surface area (Å²) in [6, 6.07) is 12.5. The van der Waals surface area contributed by atoms with Crippen LogP contribution in [0.15, 0.2) is 48.5 Å². The third-order valence-electron chi connectivity index (χ3n) is 6.16. The predicted molar refractivity (Wildman–Crippen MR) is 118 cm³/mol. The average molecular weight is 445 g/mol. The molecule has 8 nitrogen and oxygen atoms in total. The van der Waals surface area contributed by atoms with Crippen LogP contribution >= 0.6 is 0 Å². The van der Waals surface area contributed by atoms with Crippen molar-refractivity contribution in [2.45, 2.75) is 37.8 Å². The first-order chi connectivity index (χ1) is 14.6. The van der Waals surface area contributed by atoms with Crippen LogP contribution in [0.4, 0.5) is 11.4 Å². The summed E-state index contributed by atoms with van der Waals surface area (Å²) >= 11 is 0. The fraction of sp³-hybridized carbons (Fsp3) is 0.364. The molecule has 4 rings (SSSR count). The van der Waals surface area contributed by atoms with Crippen molar-refractivity contribution in [3.05, 3.63) is 69.8 Å². The van der Waals surface area contributed by atoms with E-state index in [1.807, 2.05) is 30.4 Å². The third-order valence-corrected chi connectivity index (χ3v) is 6.96. The van der Waals surface area contributed by atoms with Crippen molar-refractivity contribution in [2.24, 2.45) is 0 Å². The Hall–Kier alpha value is -2.91. The lowest BCUT2D eigenvalue weighted by atomic mass is 9.76. The number of ether oxygens (including phenoxy) is 1. The van der Waals surface area contributed by atoms with E-state index in [-0.39, 0.29) is 11.4 Å². The smallest absolute Gasteiger partial charge is 0.270 e. The van der Waals surface area contributed by atoms with Gasteiger partial charge in [0.25, 0.3) is 15.8 Å². The lowest BCUT2D eigenvalue weighted by Crippen LogP contribution is -2.59. The number of benzene rings is 2. The number of nitrogens with zero attached hydrogens (tertiary/aromatic N) is 2. The summed E-state index contributed by atoms with van der Waals surface area (Å²) in [5.74, 6) is 0.263. The topological polar surface area (TPSA) is 110 Å². The Kier molecular flexibility index (Phi) is 5.06. The number of hydrogen-bond acceptors (Lipinski definition) is 6. The van der Waals surface area contributed by atoms with Crippen LogP contribution in [0.5, 0.6) is 5.75 Å². The van der Waals surface area contributed by atoms with Crippen molar-refractivity contribution in [1.82, 2.24) is 0 Å². The number of unbranched alkanes of at least 4 members (excludes halogenated alkanes) is 1. The zero-order valence-corrected chi connectivity index (χ0v) is 18.1. The molecule has 1 N–H and O–H groups in total. The molecule has 0 amide bonds. The Morgan fingerprint density at radius 2 is 1.90 bits per heavy atom. The first-order valence-electron chi connectivity index (χ1n) is 10.0. The molecule has 0 aromatic heterocycles. The minimum absolute atomic E-state index is 0.000938. The highest BCUT2D eigenvalue weighted by atomic mass is 32.2. The number of non-ortho nitro benzene ring substituents is 1. The molecule has 0 saturated heterocycles. The van der Waals surface area contributed by atoms with Gasteiger partial charge in [-0.3, -0.25) is 14.7 Å². The number of anilines is 1. The zero-order valence-electron chi connectivity index (χ0n) is 17.3. The molecule has 0 radical (unpaired) electrons. The van der Waals surface area contributed by atoms with Gasteiger partial charge in [-0.2, -0.15) is 8.42 Å². The van der Waals surface area contributed by atoms with Gasteiger partial charge >= 0.3 is 0 Å². The van der Waals surface area contributed by atoms with E-state index in [0.29, 0.717) is 30.7 Å². The quantitative estimate of drug-likeness (QED) is 0.308. The second kappa shape index (κ2) is 7.35. The highest BCUT2D eigenvalue weighted by Crippen LogP contribution is 2.55. The standard InChI is InChI=1S/C22H24N2O6S/c1-21(2)18-7-3-4-8-19(18)23(13-5-6-14-31(27,28)29)22(21)12-11-16-15-17(24(25)26)9-10-20(16)30-22/h3-4,7-12,15H,5-6,13-14H2,1-2H3,(H,27,28,29). The monoisotopic (exact) mass is 444 g/mol. The molecule has 2 aliphatic heterocycles. The number of nitro groups is 1. The van der Waals surface area contributed by atoms with E-state index in [1.165, 1.54) is 12.1 Å². The summed E-state index contributed by atoms with van der Waals surface area (Å²) in [7, 11) is -4.01. The highest BCUT2D eigenvalue weighted by molar-refractivity contribution is 7.85. The summed E-state index contributed by atoms with van der Waals surface area (Å²) < 4.78 is 37.8. The van der Waals surface area contributed by atoms with Crippen molar-refractivity contribution in [3.8, 4) is 5.75 Å². The summed E-state index contributed by atoms with van der Waals surface area (Å²) in [5, 5.41) is 11.1. The van der Waals surface area contributed by atoms with E-state index >= 15 is 0 Å². The van der Waals surface area contributed by atoms with Gasteiger partial charge < -0.3 is 9.64 Å². The molecular formula is C22H24N2O6S. The van der Waals surface area contributed by atoms with Gasteiger partial charge in [0.15, 0.2) is 0 Å². The molecule has 0 bridgehead atoms. The summed E-state index contributed by atoms with van der Waals surface area (Å²) in [6.07, 6.45) is 4.64. The van der Waals surface area contributed by atoms with Crippen molar-refractivity contribution in [2.75, 3.05) is 17.2 Å². The molecular weight excluding hydrogens is 420 g/mol. The van der Waals surface area contributed by atoms with Crippen LogP contribution in [-0.2, 0) is 15.5 Å². The van der Waals surface area contributed by atoms with Gasteiger partial charge in [0.1, 0.15) is 5.75 Å². The average Bonchev–Trinajstić information content (AvgIpc) is 2.88. The Morgan fingerprint density at radius 3 is 2.61 bits per heavy atom. The van der Waals surface area contributed by atoms with E-state index < -0.39 is 26.2 Å². The lowest BCUT2D eigenvalue weighted by molar-refractivity contribution is -0.384. The summed E-state index contributed by atoms with van der Waals surface area (Å²) in [4.78, 5) is 12.8. The molecule has 1 spiro atoms. The maximum atomic E-state index is 11.1. The largest absolute Gasteiger partial charge is 0.463 e. The van der Waals surface area contributed by atoms with E-state index in [2.05, 4.69) is 24.8 Å². The van der Waals surface area contributed by atoms with Crippen LogP contribution in [0, 0.1) is 10.1 Å². The molecule has 1 unspecified atom stereocenters. The Bertz CT molecular complexity index is 1170. The number of nitro benzene ring substituents is 1. The van der Waals surface area contributed by atoms with Crippen LogP contribution < -0.4 is 9.64 Å². The van der Waals surface area contributed by atoms with Gasteiger partial charge in [0, 0.05) is 29.9 Å². The fourth-order valence-corrected chi connectivity index (χ4v) is 5.11. The van der Waals surface area contributed by atoms with Crippen molar-refractivity contribution in [1.29, 1.82) is 0 Å². The molecule has 2 heterocycles. The molecule has 2 aromatic carbocycles. The van der Waals surface area contributed by atoms with E-state index in [9.17, 15) is 18.5 Å². The van der Waals surface area contributed by atoms with Crippen LogP contribution in [0.3, 0.4) is 0 Å². The van der Waals surface area contributed by atoms with Gasteiger partial charge in [-0.15, -0.1) is 0 Å². The van der Waals surface area contributed by atoms with Crippen molar-refractivity contribution in [3.63, 3.8) is 0 Å². The van der Waals surface area contributed by atoms with Gasteiger partial charge in [0.2, 0.25) is 5.72 Å². The molecule has 0 aliphatic carbocycles. The predicted octanol–water partition coefficient (Wildman–Crippen LogP) is 4.16. The molecule has 31 heavy (non-hydrogen) atoms. The number of para-hydroxylation sites is 1. The Morgan fingerprint density at radius 1 is 1.16 bits per heavy atom. The normalized spacial score (nSPS) is 20.9. The lowest BCUT2D eigenvalue weighted by Gasteiger charge is -2.47. The first kappa shape index (κ1) is 21.3. The number of rotatable bonds is 6. The summed E-state index contributed by atoms with van der Waals surface area (Å²) in [5.41, 5.74) is 1.40. The van der Waals surface area contributed by atoms with Crippen molar-refractivity contribution < 1.29 is 22.6 Å². The summed E-state index contributed by atoms with van der Waals surface area (Å²) in [6.45, 7) is 4.69. The minimum Gasteiger partial charge on any atom is -0.463 e. The molecule has 9 heteroatoms. The maximum Gasteiger partial charge on any atom is 0.270 e. The SMILES string of the molecule is CC1(C)c2ccccc2N(CCCCS(=O)(=O)O)C12C=Cc1cc([N+](=O)[O-])ccc1O2. The van der Waals surface area contributed by atoms with E-state index in [0.717, 1.165) is 11.3 Å². The van der Waals surface area contributed by atoms with Crippen LogP contribution in [0.1, 0.15) is 37.8 Å². The molecule has 0 saturated carbocycles. The Balaban J connectivity index is 1.72. The molecule has 164 valence electrons. The molecule has 2 aromatic rings. The van der Waals surface area contributed by atoms with E-state index in [1.54, 1.807) is 6.07 Å². The second-order valence-corrected chi connectivity index (χ2v) is 9.97. The number of fused-ring (bicyclic) bond motifs is 2. The molecule has 1 atom stereocenters. The van der Waals surface area contributed by atoms with Gasteiger partial charge in [-0.05, 0) is 56.5 Å². The number of hydrogen-bond donors (Lipinski definition) is 1. The van der Waals surface area contributed by atoms with Crippen LogP contribution in [-0.4, -0.2) is 35.9 Å².